The summed E-state index contributed by atoms with van der Waals surface area (Å²) in [6.45, 7) is -0.241. The summed E-state index contributed by atoms with van der Waals surface area (Å²) >= 11 is 6.95. The number of carbonyl (C=O) groups is 2. The minimum absolute atomic E-state index is 0.146. The van der Waals surface area contributed by atoms with E-state index in [0.29, 0.717) is 16.7 Å². The van der Waals surface area contributed by atoms with Gasteiger partial charge in [-0.15, -0.1) is 0 Å². The number of nitrogens with zero attached hydrogens (tertiary/aromatic N) is 1. The topological polar surface area (TPSA) is 107 Å². The predicted molar refractivity (Wildman–Crippen MR) is 129 cm³/mol. The lowest BCUT2D eigenvalue weighted by molar-refractivity contribution is -0.122. The van der Waals surface area contributed by atoms with Gasteiger partial charge in [-0.3, -0.25) is 14.9 Å². The molecule has 2 amide bonds. The molecule has 32 heavy (non-hydrogen) atoms. The molecule has 0 spiro atoms. The number of aliphatic hydroxyl groups excluding tert-OH is 2. The molecular weight excluding hydrogens is 542 g/mol. The highest BCUT2D eigenvalue weighted by Crippen LogP contribution is 2.39. The van der Waals surface area contributed by atoms with Crippen LogP contribution in [0.5, 0.6) is 0 Å². The van der Waals surface area contributed by atoms with Crippen molar-refractivity contribution in [2.24, 2.45) is 0 Å². The molecular formula is C23H17Br2N3O4. The summed E-state index contributed by atoms with van der Waals surface area (Å²) < 4.78 is 3.45. The standard InChI is InChI=1S/C23H17Br2N3O4/c24-11-1-3-18-14(5-11)16(7-26-18)20-21(23(32)27-22(20)31)17-9-28(8-13(30)10-29)19-4-2-12(25)6-15(17)19/h1-7,9,13,26,29-30H,8,10H2,(H,27,31,32). The maximum absolute atomic E-state index is 13.0. The van der Waals surface area contributed by atoms with Gasteiger partial charge in [-0.25, -0.2) is 0 Å². The lowest BCUT2D eigenvalue weighted by Gasteiger charge is -2.09. The fourth-order valence-electron chi connectivity index (χ4n) is 4.17. The molecule has 0 bridgehead atoms. The number of benzene rings is 2. The van der Waals surface area contributed by atoms with Gasteiger partial charge in [0.25, 0.3) is 11.8 Å². The van der Waals surface area contributed by atoms with Gasteiger partial charge in [0.15, 0.2) is 0 Å². The first-order valence-electron chi connectivity index (χ1n) is 9.82. The zero-order valence-electron chi connectivity index (χ0n) is 16.5. The van der Waals surface area contributed by atoms with E-state index in [1.807, 2.05) is 36.4 Å². The third-order valence-electron chi connectivity index (χ3n) is 5.57. The van der Waals surface area contributed by atoms with Gasteiger partial charge in [-0.2, -0.15) is 0 Å². The number of carbonyl (C=O) groups excluding carboxylic acids is 2. The molecule has 0 saturated carbocycles. The number of aliphatic hydroxyl groups is 2. The van der Waals surface area contributed by atoms with Crippen molar-refractivity contribution in [1.82, 2.24) is 14.9 Å². The van der Waals surface area contributed by atoms with Crippen LogP contribution in [0.4, 0.5) is 0 Å². The summed E-state index contributed by atoms with van der Waals surface area (Å²) in [5.74, 6) is -0.937. The second kappa shape index (κ2) is 8.00. The van der Waals surface area contributed by atoms with Gasteiger partial charge in [0.05, 0.1) is 30.4 Å². The fourth-order valence-corrected chi connectivity index (χ4v) is 4.90. The van der Waals surface area contributed by atoms with Gasteiger partial charge in [0, 0.05) is 54.3 Å². The van der Waals surface area contributed by atoms with Crippen LogP contribution in [0.2, 0.25) is 0 Å². The average molecular weight is 559 g/mol. The Balaban J connectivity index is 1.80. The zero-order valence-corrected chi connectivity index (χ0v) is 19.7. The molecule has 0 saturated heterocycles. The van der Waals surface area contributed by atoms with Crippen LogP contribution in [0.3, 0.4) is 0 Å². The number of hydrogen-bond donors (Lipinski definition) is 4. The molecule has 4 aromatic rings. The molecule has 9 heteroatoms. The van der Waals surface area contributed by atoms with E-state index in [1.54, 1.807) is 17.0 Å². The Morgan fingerprint density at radius 1 is 0.938 bits per heavy atom. The van der Waals surface area contributed by atoms with E-state index < -0.39 is 17.9 Å². The van der Waals surface area contributed by atoms with E-state index in [9.17, 15) is 19.8 Å². The van der Waals surface area contributed by atoms with Crippen molar-refractivity contribution in [2.75, 3.05) is 6.61 Å². The molecule has 1 aliphatic heterocycles. The number of rotatable bonds is 5. The van der Waals surface area contributed by atoms with Crippen LogP contribution >= 0.6 is 31.9 Å². The Morgan fingerprint density at radius 2 is 1.59 bits per heavy atom. The van der Waals surface area contributed by atoms with Crippen molar-refractivity contribution in [2.45, 2.75) is 12.6 Å². The molecule has 1 unspecified atom stereocenters. The van der Waals surface area contributed by atoms with Crippen LogP contribution < -0.4 is 5.32 Å². The number of halogens is 2. The van der Waals surface area contributed by atoms with Crippen molar-refractivity contribution in [3.63, 3.8) is 0 Å². The highest BCUT2D eigenvalue weighted by atomic mass is 79.9. The fraction of sp³-hybridized carbons (Fsp3) is 0.130. The Morgan fingerprint density at radius 3 is 2.31 bits per heavy atom. The molecule has 4 N–H and O–H groups in total. The van der Waals surface area contributed by atoms with Crippen LogP contribution in [0.15, 0.2) is 57.7 Å². The number of imide groups is 1. The van der Waals surface area contributed by atoms with Gasteiger partial charge < -0.3 is 19.8 Å². The number of aromatic nitrogens is 2. The minimum Gasteiger partial charge on any atom is -0.394 e. The molecule has 0 fully saturated rings. The third kappa shape index (κ3) is 3.41. The first-order valence-corrected chi connectivity index (χ1v) is 11.4. The summed E-state index contributed by atoms with van der Waals surface area (Å²) in [6.07, 6.45) is 2.52. The first-order chi connectivity index (χ1) is 15.4. The lowest BCUT2D eigenvalue weighted by atomic mass is 9.95. The Bertz CT molecular complexity index is 1450. The predicted octanol–water partition coefficient (Wildman–Crippen LogP) is 3.57. The molecule has 7 nitrogen and oxygen atoms in total. The molecule has 0 radical (unpaired) electrons. The SMILES string of the molecule is O=C1NC(=O)C(c2cn(CC(O)CO)c3ccc(Br)cc23)=C1c1c[nH]c2ccc(Br)cc12. The number of hydrogen-bond acceptors (Lipinski definition) is 4. The molecule has 1 aliphatic rings. The lowest BCUT2D eigenvalue weighted by Crippen LogP contribution is -2.22. The molecule has 2 aromatic carbocycles. The van der Waals surface area contributed by atoms with E-state index in [4.69, 9.17) is 0 Å². The minimum atomic E-state index is -0.958. The van der Waals surface area contributed by atoms with E-state index in [2.05, 4.69) is 42.2 Å². The molecule has 3 heterocycles. The normalized spacial score (nSPS) is 15.2. The summed E-state index contributed by atoms with van der Waals surface area (Å²) in [4.78, 5) is 29.1. The van der Waals surface area contributed by atoms with Gasteiger partial charge in [0.1, 0.15) is 0 Å². The van der Waals surface area contributed by atoms with E-state index in [-0.39, 0.29) is 18.7 Å². The average Bonchev–Trinajstić information content (AvgIpc) is 3.40. The molecule has 162 valence electrons. The van der Waals surface area contributed by atoms with Gasteiger partial charge in [0.2, 0.25) is 0 Å². The summed E-state index contributed by atoms with van der Waals surface area (Å²) in [6, 6.07) is 11.3. The van der Waals surface area contributed by atoms with Crippen molar-refractivity contribution >= 4 is 76.6 Å². The number of aromatic amines is 1. The molecule has 5 rings (SSSR count). The van der Waals surface area contributed by atoms with E-state index >= 15 is 0 Å². The maximum Gasteiger partial charge on any atom is 0.259 e. The number of H-pyrrole nitrogens is 1. The second-order valence-corrected chi connectivity index (χ2v) is 9.45. The molecule has 2 aromatic heterocycles. The quantitative estimate of drug-likeness (QED) is 0.281. The van der Waals surface area contributed by atoms with Crippen LogP contribution in [0, 0.1) is 0 Å². The Labute approximate surface area is 199 Å². The van der Waals surface area contributed by atoms with E-state index in [0.717, 1.165) is 30.8 Å². The second-order valence-electron chi connectivity index (χ2n) is 7.62. The zero-order chi connectivity index (χ0) is 22.6. The van der Waals surface area contributed by atoms with Crippen molar-refractivity contribution in [3.05, 3.63) is 68.9 Å². The monoisotopic (exact) mass is 557 g/mol. The number of nitrogens with one attached hydrogen (secondary N) is 2. The van der Waals surface area contributed by atoms with Gasteiger partial charge in [-0.1, -0.05) is 31.9 Å². The maximum atomic E-state index is 13.0. The molecule has 0 aliphatic carbocycles. The Hall–Kier alpha value is -2.72. The van der Waals surface area contributed by atoms with E-state index in [1.165, 1.54) is 0 Å². The number of fused-ring (bicyclic) bond motifs is 2. The summed E-state index contributed by atoms with van der Waals surface area (Å²) in [5.41, 5.74) is 3.40. The largest absolute Gasteiger partial charge is 0.394 e. The van der Waals surface area contributed by atoms with Gasteiger partial charge >= 0.3 is 0 Å². The van der Waals surface area contributed by atoms with Crippen molar-refractivity contribution in [1.29, 1.82) is 0 Å². The molecule has 1 atom stereocenters. The smallest absolute Gasteiger partial charge is 0.259 e. The third-order valence-corrected chi connectivity index (χ3v) is 6.56. The van der Waals surface area contributed by atoms with Crippen LogP contribution in [0.25, 0.3) is 33.0 Å². The number of amides is 2. The van der Waals surface area contributed by atoms with Crippen molar-refractivity contribution < 1.29 is 19.8 Å². The van der Waals surface area contributed by atoms with Crippen LogP contribution in [-0.2, 0) is 16.1 Å². The highest BCUT2D eigenvalue weighted by Gasteiger charge is 2.35. The van der Waals surface area contributed by atoms with Crippen LogP contribution in [0.1, 0.15) is 11.1 Å². The van der Waals surface area contributed by atoms with Crippen LogP contribution in [-0.4, -0.2) is 44.3 Å². The van der Waals surface area contributed by atoms with Crippen molar-refractivity contribution in [3.8, 4) is 0 Å². The summed E-state index contributed by atoms with van der Waals surface area (Å²) in [7, 11) is 0. The summed E-state index contributed by atoms with van der Waals surface area (Å²) in [5, 5.41) is 23.3. The Kier molecular flexibility index (Phi) is 5.29. The highest BCUT2D eigenvalue weighted by molar-refractivity contribution is 9.10. The van der Waals surface area contributed by atoms with Gasteiger partial charge in [-0.05, 0) is 36.4 Å². The first kappa shape index (κ1) is 21.1.